The van der Waals surface area contributed by atoms with Crippen LogP contribution in [-0.4, -0.2) is 13.4 Å². The van der Waals surface area contributed by atoms with Gasteiger partial charge in [0.1, 0.15) is 0 Å². The van der Waals surface area contributed by atoms with Gasteiger partial charge in [0.25, 0.3) is 0 Å². The molecular weight excluding hydrogens is 562 g/mol. The zero-order chi connectivity index (χ0) is 34.1. The second kappa shape index (κ2) is 14.4. The van der Waals surface area contributed by atoms with Crippen LogP contribution >= 0.6 is 0 Å². The van der Waals surface area contributed by atoms with Crippen LogP contribution < -0.4 is 10.9 Å². The van der Waals surface area contributed by atoms with E-state index in [1.54, 1.807) is 33.2 Å². The van der Waals surface area contributed by atoms with Crippen LogP contribution in [0.1, 0.15) is 170 Å². The van der Waals surface area contributed by atoms with Crippen LogP contribution in [0.5, 0.6) is 0 Å². The number of hydrogen-bond donors (Lipinski definition) is 0. The summed E-state index contributed by atoms with van der Waals surface area (Å²) in [5.74, 6) is 0. The molecular formula is C45H72B2. The molecule has 5 rings (SSSR count). The Hall–Kier alpha value is -1.43. The molecule has 0 N–H and O–H groups in total. The van der Waals surface area contributed by atoms with Crippen molar-refractivity contribution >= 4 is 24.4 Å². The average Bonchev–Trinajstić information content (AvgIpc) is 3.50. The maximum atomic E-state index is 2.77. The monoisotopic (exact) mass is 635 g/mol. The maximum absolute atomic E-state index is 2.77. The molecule has 0 atom stereocenters. The minimum Gasteiger partial charge on any atom is -0.0797 e. The lowest BCUT2D eigenvalue weighted by atomic mass is 9.41. The van der Waals surface area contributed by atoms with E-state index in [0.29, 0.717) is 35.1 Å². The highest BCUT2D eigenvalue weighted by molar-refractivity contribution is 6.74. The Balaban J connectivity index is 1.55. The first kappa shape index (κ1) is 36.8. The van der Waals surface area contributed by atoms with Gasteiger partial charge in [-0.2, -0.15) is 0 Å². The fourth-order valence-electron chi connectivity index (χ4n) is 10.3. The first-order valence-electron chi connectivity index (χ1n) is 20.5. The molecule has 2 aromatic carbocycles. The van der Waals surface area contributed by atoms with Gasteiger partial charge in [0, 0.05) is 5.41 Å². The van der Waals surface area contributed by atoms with Gasteiger partial charge in [-0.3, -0.25) is 0 Å². The van der Waals surface area contributed by atoms with Crippen molar-refractivity contribution in [1.82, 2.24) is 0 Å². The Morgan fingerprint density at radius 2 is 0.766 bits per heavy atom. The van der Waals surface area contributed by atoms with E-state index in [9.17, 15) is 0 Å². The summed E-state index contributed by atoms with van der Waals surface area (Å²) in [6, 6.07) is 15.8. The lowest BCUT2D eigenvalue weighted by molar-refractivity contribution is 0.177. The molecule has 0 spiro atoms. The molecule has 0 radical (unpaired) electrons. The zero-order valence-corrected chi connectivity index (χ0v) is 32.8. The van der Waals surface area contributed by atoms with E-state index >= 15 is 0 Å². The molecule has 2 heteroatoms. The summed E-state index contributed by atoms with van der Waals surface area (Å²) >= 11 is 0. The van der Waals surface area contributed by atoms with Crippen molar-refractivity contribution < 1.29 is 0 Å². The Labute approximate surface area is 293 Å². The minimum absolute atomic E-state index is 0.166. The molecule has 2 fully saturated rings. The van der Waals surface area contributed by atoms with Gasteiger partial charge in [-0.05, 0) is 56.8 Å². The summed E-state index contributed by atoms with van der Waals surface area (Å²) < 4.78 is 0. The Morgan fingerprint density at radius 3 is 1.11 bits per heavy atom. The molecule has 0 bridgehead atoms. The highest BCUT2D eigenvalue weighted by Crippen LogP contribution is 2.57. The average molecular weight is 635 g/mol. The molecule has 2 heterocycles. The van der Waals surface area contributed by atoms with Crippen LogP contribution in [0.15, 0.2) is 36.4 Å². The number of fused-ring (bicyclic) bond motifs is 3. The predicted octanol–water partition coefficient (Wildman–Crippen LogP) is 13.0. The van der Waals surface area contributed by atoms with Crippen LogP contribution in [-0.2, 0) is 5.41 Å². The summed E-state index contributed by atoms with van der Waals surface area (Å²) in [5.41, 5.74) is 11.5. The highest BCUT2D eigenvalue weighted by atomic mass is 14.5. The van der Waals surface area contributed by atoms with E-state index in [-0.39, 0.29) is 5.41 Å². The molecule has 2 aliphatic heterocycles. The first-order chi connectivity index (χ1) is 22.2. The van der Waals surface area contributed by atoms with Crippen molar-refractivity contribution in [2.75, 3.05) is 0 Å². The normalized spacial score (nSPS) is 21.3. The van der Waals surface area contributed by atoms with E-state index in [1.807, 2.05) is 0 Å². The lowest BCUT2D eigenvalue weighted by Gasteiger charge is -2.35. The second-order valence-corrected chi connectivity index (χ2v) is 19.5. The molecule has 0 saturated carbocycles. The van der Waals surface area contributed by atoms with E-state index in [0.717, 1.165) is 0 Å². The van der Waals surface area contributed by atoms with Crippen molar-refractivity contribution in [2.24, 2.45) is 21.7 Å². The largest absolute Gasteiger partial charge is 0.176 e. The summed E-state index contributed by atoms with van der Waals surface area (Å²) in [5, 5.41) is 0. The van der Waals surface area contributed by atoms with Crippen molar-refractivity contribution in [3.63, 3.8) is 0 Å². The van der Waals surface area contributed by atoms with Gasteiger partial charge in [0.15, 0.2) is 13.4 Å². The van der Waals surface area contributed by atoms with Crippen LogP contribution in [0.25, 0.3) is 11.1 Å². The van der Waals surface area contributed by atoms with Crippen molar-refractivity contribution in [1.29, 1.82) is 0 Å². The third-order valence-electron chi connectivity index (χ3n) is 15.0. The molecule has 47 heavy (non-hydrogen) atoms. The molecule has 1 aliphatic carbocycles. The first-order valence-corrected chi connectivity index (χ1v) is 20.5. The fraction of sp³-hybridized carbons (Fsp3) is 0.733. The van der Waals surface area contributed by atoms with Gasteiger partial charge in [-0.25, -0.2) is 0 Å². The molecule has 0 aromatic heterocycles. The smallest absolute Gasteiger partial charge is 0.0797 e. The zero-order valence-electron chi connectivity index (χ0n) is 32.8. The number of benzene rings is 2. The van der Waals surface area contributed by atoms with Crippen LogP contribution in [0.3, 0.4) is 0 Å². The van der Waals surface area contributed by atoms with E-state index in [2.05, 4.69) is 106 Å². The number of hydrogen-bond acceptors (Lipinski definition) is 0. The van der Waals surface area contributed by atoms with Gasteiger partial charge < -0.3 is 0 Å². The molecule has 0 amide bonds. The number of rotatable bonds is 16. The van der Waals surface area contributed by atoms with Gasteiger partial charge in [0.05, 0.1) is 0 Å². The van der Waals surface area contributed by atoms with Crippen LogP contribution in [0.4, 0.5) is 0 Å². The van der Waals surface area contributed by atoms with Gasteiger partial charge in [-0.15, -0.1) is 0 Å². The maximum Gasteiger partial charge on any atom is 0.176 e. The molecule has 258 valence electrons. The topological polar surface area (TPSA) is 0 Å². The van der Waals surface area contributed by atoms with Crippen molar-refractivity contribution in [3.05, 3.63) is 47.5 Å². The predicted molar refractivity (Wildman–Crippen MR) is 214 cm³/mol. The van der Waals surface area contributed by atoms with E-state index in [4.69, 9.17) is 0 Å². The Morgan fingerprint density at radius 1 is 0.447 bits per heavy atom. The summed E-state index contributed by atoms with van der Waals surface area (Å²) in [6.07, 6.45) is 24.4. The van der Waals surface area contributed by atoms with Gasteiger partial charge in [-0.1, -0.05) is 219 Å². The fourth-order valence-corrected chi connectivity index (χ4v) is 10.3. The van der Waals surface area contributed by atoms with Gasteiger partial charge >= 0.3 is 0 Å². The number of unbranched alkanes of at least 4 members (excludes halogenated alkanes) is 10. The Bertz CT molecular complexity index is 1210. The third kappa shape index (κ3) is 7.39. The third-order valence-corrected chi connectivity index (χ3v) is 15.0. The lowest BCUT2D eigenvalue weighted by Crippen LogP contribution is -2.33. The van der Waals surface area contributed by atoms with Gasteiger partial charge in [0.2, 0.25) is 0 Å². The molecule has 3 aliphatic rings. The van der Waals surface area contributed by atoms with Crippen LogP contribution in [0.2, 0.25) is 25.3 Å². The molecule has 0 unspecified atom stereocenters. The van der Waals surface area contributed by atoms with Crippen LogP contribution in [0, 0.1) is 21.7 Å². The summed E-state index contributed by atoms with van der Waals surface area (Å²) in [7, 11) is 0. The van der Waals surface area contributed by atoms with Crippen molar-refractivity contribution in [2.45, 2.75) is 190 Å². The standard InChI is InChI=1S/C45H72B2/c1-11-13-15-17-19-21-27-45(28-22-20-18-16-14-12-2)39-29-35(46-31-41(3,4)42(5,6)32-46)23-25-37(39)38-26-24-36(30-40(38)45)47-33-43(7,8)44(9,10)34-47/h23-26,29-30H,11-22,27-28,31-34H2,1-10H3. The van der Waals surface area contributed by atoms with E-state index < -0.39 is 0 Å². The molecule has 2 aromatic rings. The highest BCUT2D eigenvalue weighted by Gasteiger charge is 2.51. The van der Waals surface area contributed by atoms with Crippen molar-refractivity contribution in [3.8, 4) is 11.1 Å². The summed E-state index contributed by atoms with van der Waals surface area (Å²) in [6.45, 7) is 26.2. The summed E-state index contributed by atoms with van der Waals surface area (Å²) in [4.78, 5) is 0. The van der Waals surface area contributed by atoms with E-state index in [1.165, 1.54) is 115 Å². The second-order valence-electron chi connectivity index (χ2n) is 19.5. The molecule has 0 nitrogen and oxygen atoms in total. The Kier molecular flexibility index (Phi) is 11.3. The SMILES string of the molecule is CCCCCCCCC1(CCCCCCCC)c2cc(B3CC(C)(C)C(C)(C)C3)ccc2-c2ccc(B3CC(C)(C)C(C)(C)C3)cc21. The minimum atomic E-state index is 0.166. The molecule has 2 saturated heterocycles. The quantitative estimate of drug-likeness (QED) is 0.127.